The first kappa shape index (κ1) is 13.9. The third kappa shape index (κ3) is 2.59. The number of alkyl halides is 1. The van der Waals surface area contributed by atoms with Crippen molar-refractivity contribution in [3.63, 3.8) is 0 Å². The van der Waals surface area contributed by atoms with Crippen molar-refractivity contribution in [2.75, 3.05) is 13.0 Å². The molecule has 0 aliphatic rings. The Morgan fingerprint density at radius 3 is 2.52 bits per heavy atom. The number of halogens is 1. The molecular weight excluding hydrogens is 286 g/mol. The number of aromatic nitrogens is 3. The zero-order valence-corrected chi connectivity index (χ0v) is 12.8. The van der Waals surface area contributed by atoms with E-state index < -0.39 is 0 Å². The summed E-state index contributed by atoms with van der Waals surface area (Å²) < 4.78 is 7.27. The summed E-state index contributed by atoms with van der Waals surface area (Å²) in [5.41, 5.74) is 3.72. The molecule has 2 aromatic heterocycles. The summed E-state index contributed by atoms with van der Waals surface area (Å²) >= 11 is 5.91. The van der Waals surface area contributed by atoms with Crippen molar-refractivity contribution in [1.82, 2.24) is 14.5 Å². The largest absolute Gasteiger partial charge is 0.497 e. The van der Waals surface area contributed by atoms with E-state index in [1.165, 1.54) is 0 Å². The maximum Gasteiger partial charge on any atom is 0.164 e. The number of hydrogen-bond donors (Lipinski definition) is 0. The Morgan fingerprint density at radius 2 is 1.86 bits per heavy atom. The summed E-state index contributed by atoms with van der Waals surface area (Å²) in [5.74, 6) is 2.27. The van der Waals surface area contributed by atoms with Gasteiger partial charge >= 0.3 is 0 Å². The van der Waals surface area contributed by atoms with Crippen LogP contribution in [-0.2, 0) is 6.42 Å². The maximum atomic E-state index is 5.91. The quantitative estimate of drug-likeness (QED) is 0.692. The van der Waals surface area contributed by atoms with E-state index in [0.717, 1.165) is 34.1 Å². The Labute approximate surface area is 128 Å². The number of imidazole rings is 1. The monoisotopic (exact) mass is 301 g/mol. The number of aryl methyl sites for hydroxylation is 2. The lowest BCUT2D eigenvalue weighted by molar-refractivity contribution is 0.414. The molecule has 21 heavy (non-hydrogen) atoms. The van der Waals surface area contributed by atoms with Gasteiger partial charge in [-0.2, -0.15) is 0 Å². The Bertz CT molecular complexity index is 765. The van der Waals surface area contributed by atoms with E-state index in [2.05, 4.69) is 14.5 Å². The molecule has 3 aromatic rings. The first-order valence-electron chi connectivity index (χ1n) is 6.78. The fraction of sp³-hybridized carbons (Fsp3) is 0.250. The van der Waals surface area contributed by atoms with Gasteiger partial charge in [-0.15, -0.1) is 11.6 Å². The first-order valence-corrected chi connectivity index (χ1v) is 7.32. The highest BCUT2D eigenvalue weighted by molar-refractivity contribution is 6.17. The van der Waals surface area contributed by atoms with Crippen LogP contribution in [0.2, 0.25) is 0 Å². The molecule has 3 rings (SSSR count). The Balaban J connectivity index is 2.21. The average molecular weight is 302 g/mol. The summed E-state index contributed by atoms with van der Waals surface area (Å²) in [6, 6.07) is 11.8. The van der Waals surface area contributed by atoms with Crippen LogP contribution < -0.4 is 4.74 Å². The van der Waals surface area contributed by atoms with Crippen molar-refractivity contribution in [3.8, 4) is 11.4 Å². The number of methoxy groups -OCH3 is 1. The van der Waals surface area contributed by atoms with E-state index in [9.17, 15) is 0 Å². The standard InChI is InChI=1S/C16H16ClN3O/c1-11-3-8-14-16(18-11)20(15(19-14)9-10-17)12-4-6-13(21-2)7-5-12/h3-8H,9-10H2,1-2H3. The zero-order chi connectivity index (χ0) is 14.8. The van der Waals surface area contributed by atoms with Crippen molar-refractivity contribution < 1.29 is 4.74 Å². The molecule has 0 radical (unpaired) electrons. The second-order valence-corrected chi connectivity index (χ2v) is 5.17. The number of pyridine rings is 1. The number of benzene rings is 1. The lowest BCUT2D eigenvalue weighted by Crippen LogP contribution is -2.03. The SMILES string of the molecule is COc1ccc(-n2c(CCCl)nc3ccc(C)nc32)cc1. The van der Waals surface area contributed by atoms with E-state index in [4.69, 9.17) is 16.3 Å². The molecule has 0 bridgehead atoms. The maximum absolute atomic E-state index is 5.91. The fourth-order valence-corrected chi connectivity index (χ4v) is 2.52. The molecule has 0 saturated carbocycles. The second-order valence-electron chi connectivity index (χ2n) is 4.80. The van der Waals surface area contributed by atoms with E-state index >= 15 is 0 Å². The summed E-state index contributed by atoms with van der Waals surface area (Å²) in [7, 11) is 1.66. The molecule has 0 unspecified atom stereocenters. The minimum Gasteiger partial charge on any atom is -0.497 e. The Kier molecular flexibility index (Phi) is 3.80. The van der Waals surface area contributed by atoms with Crippen molar-refractivity contribution in [3.05, 3.63) is 47.9 Å². The van der Waals surface area contributed by atoms with Gasteiger partial charge in [-0.1, -0.05) is 0 Å². The number of ether oxygens (including phenoxy) is 1. The van der Waals surface area contributed by atoms with Gasteiger partial charge in [0, 0.05) is 23.7 Å². The summed E-state index contributed by atoms with van der Waals surface area (Å²) in [4.78, 5) is 9.27. The number of nitrogens with zero attached hydrogens (tertiary/aromatic N) is 3. The highest BCUT2D eigenvalue weighted by Gasteiger charge is 2.13. The van der Waals surface area contributed by atoms with Crippen LogP contribution in [0.4, 0.5) is 0 Å². The fourth-order valence-electron chi connectivity index (χ4n) is 2.35. The molecule has 0 fully saturated rings. The van der Waals surface area contributed by atoms with Gasteiger partial charge in [0.25, 0.3) is 0 Å². The zero-order valence-electron chi connectivity index (χ0n) is 12.0. The van der Waals surface area contributed by atoms with Gasteiger partial charge < -0.3 is 4.74 Å². The number of fused-ring (bicyclic) bond motifs is 1. The van der Waals surface area contributed by atoms with Gasteiger partial charge in [-0.25, -0.2) is 9.97 Å². The van der Waals surface area contributed by atoms with Crippen LogP contribution in [0.3, 0.4) is 0 Å². The lowest BCUT2D eigenvalue weighted by atomic mass is 10.3. The van der Waals surface area contributed by atoms with Gasteiger partial charge in [0.2, 0.25) is 0 Å². The van der Waals surface area contributed by atoms with Crippen molar-refractivity contribution in [1.29, 1.82) is 0 Å². The van der Waals surface area contributed by atoms with Crippen LogP contribution in [0.25, 0.3) is 16.9 Å². The molecular formula is C16H16ClN3O. The molecule has 0 aliphatic carbocycles. The molecule has 0 spiro atoms. The predicted molar refractivity (Wildman–Crippen MR) is 84.6 cm³/mol. The van der Waals surface area contributed by atoms with Crippen LogP contribution in [0.5, 0.6) is 5.75 Å². The number of hydrogen-bond acceptors (Lipinski definition) is 3. The minimum atomic E-state index is 0.526. The van der Waals surface area contributed by atoms with E-state index in [0.29, 0.717) is 12.3 Å². The van der Waals surface area contributed by atoms with Gasteiger partial charge in [-0.3, -0.25) is 4.57 Å². The Hall–Kier alpha value is -2.07. The van der Waals surface area contributed by atoms with E-state index in [1.807, 2.05) is 43.3 Å². The molecule has 0 atom stereocenters. The molecule has 108 valence electrons. The topological polar surface area (TPSA) is 39.9 Å². The normalized spacial score (nSPS) is 11.0. The Morgan fingerprint density at radius 1 is 1.10 bits per heavy atom. The van der Waals surface area contributed by atoms with Crippen LogP contribution >= 0.6 is 11.6 Å². The van der Waals surface area contributed by atoms with Crippen LogP contribution in [0.15, 0.2) is 36.4 Å². The van der Waals surface area contributed by atoms with Gasteiger partial charge in [0.05, 0.1) is 7.11 Å². The highest BCUT2D eigenvalue weighted by Crippen LogP contribution is 2.23. The van der Waals surface area contributed by atoms with E-state index in [1.54, 1.807) is 7.11 Å². The van der Waals surface area contributed by atoms with Crippen LogP contribution in [0, 0.1) is 6.92 Å². The molecule has 2 heterocycles. The first-order chi connectivity index (χ1) is 10.2. The highest BCUT2D eigenvalue weighted by atomic mass is 35.5. The van der Waals surface area contributed by atoms with Crippen molar-refractivity contribution in [2.24, 2.45) is 0 Å². The van der Waals surface area contributed by atoms with E-state index in [-0.39, 0.29) is 0 Å². The van der Waals surface area contributed by atoms with Crippen molar-refractivity contribution in [2.45, 2.75) is 13.3 Å². The van der Waals surface area contributed by atoms with Gasteiger partial charge in [-0.05, 0) is 43.3 Å². The third-order valence-electron chi connectivity index (χ3n) is 3.36. The van der Waals surface area contributed by atoms with Crippen LogP contribution in [-0.4, -0.2) is 27.5 Å². The average Bonchev–Trinajstić information content (AvgIpc) is 2.85. The van der Waals surface area contributed by atoms with Crippen molar-refractivity contribution >= 4 is 22.8 Å². The summed E-state index contributed by atoms with van der Waals surface area (Å²) in [5, 5.41) is 0. The minimum absolute atomic E-state index is 0.526. The molecule has 0 amide bonds. The predicted octanol–water partition coefficient (Wildman–Crippen LogP) is 3.52. The van der Waals surface area contributed by atoms with Gasteiger partial charge in [0.15, 0.2) is 5.65 Å². The molecule has 0 aliphatic heterocycles. The molecule has 0 saturated heterocycles. The summed E-state index contributed by atoms with van der Waals surface area (Å²) in [6.45, 7) is 1.98. The van der Waals surface area contributed by atoms with Gasteiger partial charge in [0.1, 0.15) is 17.1 Å². The smallest absolute Gasteiger partial charge is 0.164 e. The number of rotatable bonds is 4. The molecule has 1 aromatic carbocycles. The molecule has 0 N–H and O–H groups in total. The molecule has 5 heteroatoms. The molecule has 4 nitrogen and oxygen atoms in total. The lowest BCUT2D eigenvalue weighted by Gasteiger charge is -2.09. The second kappa shape index (κ2) is 5.74. The third-order valence-corrected chi connectivity index (χ3v) is 3.55. The van der Waals surface area contributed by atoms with Crippen LogP contribution in [0.1, 0.15) is 11.5 Å². The summed E-state index contributed by atoms with van der Waals surface area (Å²) in [6.07, 6.45) is 0.697.